The van der Waals surface area contributed by atoms with Crippen LogP contribution in [0.4, 0.5) is 4.79 Å². The summed E-state index contributed by atoms with van der Waals surface area (Å²) in [5, 5.41) is 17.5. The molecule has 1 aromatic rings. The number of thiazole rings is 1. The van der Waals surface area contributed by atoms with Gasteiger partial charge in [-0.05, 0) is 19.8 Å². The molecular formula is C13H19N3O3S. The van der Waals surface area contributed by atoms with Crippen LogP contribution in [-0.2, 0) is 11.2 Å². The lowest BCUT2D eigenvalue weighted by molar-refractivity contribution is -0.142. The Labute approximate surface area is 121 Å². The van der Waals surface area contributed by atoms with Crippen LogP contribution in [0.5, 0.6) is 0 Å². The first-order valence-corrected chi connectivity index (χ1v) is 7.62. The predicted octanol–water partition coefficient (Wildman–Crippen LogP) is 1.55. The van der Waals surface area contributed by atoms with Crippen LogP contribution >= 0.6 is 11.3 Å². The lowest BCUT2D eigenvalue weighted by Crippen LogP contribution is -2.45. The second-order valence-corrected chi connectivity index (χ2v) is 6.05. The van der Waals surface area contributed by atoms with Gasteiger partial charge in [-0.1, -0.05) is 6.42 Å². The molecular weight excluding hydrogens is 278 g/mol. The number of amides is 2. The molecule has 1 aliphatic carbocycles. The molecule has 1 saturated carbocycles. The van der Waals surface area contributed by atoms with Gasteiger partial charge in [0.05, 0.1) is 16.6 Å². The molecule has 2 unspecified atom stereocenters. The Kier molecular flexibility index (Phi) is 4.94. The molecule has 1 fully saturated rings. The van der Waals surface area contributed by atoms with Crippen molar-refractivity contribution in [3.63, 3.8) is 0 Å². The number of aryl methyl sites for hydroxylation is 1. The zero-order valence-corrected chi connectivity index (χ0v) is 12.2. The van der Waals surface area contributed by atoms with Crippen molar-refractivity contribution in [2.24, 2.45) is 5.92 Å². The average Bonchev–Trinajstić information content (AvgIpc) is 2.98. The monoisotopic (exact) mass is 297 g/mol. The smallest absolute Gasteiger partial charge is 0.315 e. The van der Waals surface area contributed by atoms with Crippen molar-refractivity contribution in [1.29, 1.82) is 0 Å². The predicted molar refractivity (Wildman–Crippen MR) is 75.9 cm³/mol. The number of carbonyl (C=O) groups is 2. The highest BCUT2D eigenvalue weighted by Crippen LogP contribution is 2.25. The van der Waals surface area contributed by atoms with E-state index in [4.69, 9.17) is 5.11 Å². The number of aromatic nitrogens is 1. The number of hydrogen-bond acceptors (Lipinski definition) is 4. The maximum Gasteiger partial charge on any atom is 0.315 e. The van der Waals surface area contributed by atoms with E-state index < -0.39 is 11.9 Å². The standard InChI is InChI=1S/C13H19N3O3S/c1-8-15-9(7-20-8)5-6-14-13(19)16-11-4-2-3-10(11)12(17)18/h7,10-11H,2-6H2,1H3,(H,17,18)(H2,14,16,19). The van der Waals surface area contributed by atoms with Crippen LogP contribution in [0.15, 0.2) is 5.38 Å². The lowest BCUT2D eigenvalue weighted by atomic mass is 10.0. The number of aliphatic carboxylic acids is 1. The molecule has 1 aliphatic rings. The van der Waals surface area contributed by atoms with Gasteiger partial charge in [-0.3, -0.25) is 4.79 Å². The van der Waals surface area contributed by atoms with E-state index in [9.17, 15) is 9.59 Å². The van der Waals surface area contributed by atoms with Gasteiger partial charge in [-0.15, -0.1) is 11.3 Å². The van der Waals surface area contributed by atoms with Gasteiger partial charge in [-0.2, -0.15) is 0 Å². The summed E-state index contributed by atoms with van der Waals surface area (Å²) in [4.78, 5) is 27.1. The van der Waals surface area contributed by atoms with Gasteiger partial charge in [0.2, 0.25) is 0 Å². The lowest BCUT2D eigenvalue weighted by Gasteiger charge is -2.17. The maximum atomic E-state index is 11.7. The average molecular weight is 297 g/mol. The van der Waals surface area contributed by atoms with Crippen molar-refractivity contribution in [1.82, 2.24) is 15.6 Å². The molecule has 0 saturated heterocycles. The fraction of sp³-hybridized carbons (Fsp3) is 0.615. The minimum absolute atomic E-state index is 0.256. The highest BCUT2D eigenvalue weighted by Gasteiger charge is 2.33. The summed E-state index contributed by atoms with van der Waals surface area (Å²) in [5.41, 5.74) is 0.970. The van der Waals surface area contributed by atoms with Gasteiger partial charge in [0, 0.05) is 24.4 Å². The van der Waals surface area contributed by atoms with Crippen LogP contribution in [0.25, 0.3) is 0 Å². The van der Waals surface area contributed by atoms with Gasteiger partial charge in [0.25, 0.3) is 0 Å². The van der Waals surface area contributed by atoms with E-state index in [1.807, 2.05) is 12.3 Å². The second-order valence-electron chi connectivity index (χ2n) is 4.99. The number of carbonyl (C=O) groups excluding carboxylic acids is 1. The van der Waals surface area contributed by atoms with Crippen molar-refractivity contribution in [3.05, 3.63) is 16.1 Å². The van der Waals surface area contributed by atoms with Crippen LogP contribution in [0.3, 0.4) is 0 Å². The Hall–Kier alpha value is -1.63. The topological polar surface area (TPSA) is 91.3 Å². The number of hydrogen-bond donors (Lipinski definition) is 3. The third-order valence-electron chi connectivity index (χ3n) is 3.48. The zero-order valence-electron chi connectivity index (χ0n) is 11.4. The van der Waals surface area contributed by atoms with E-state index >= 15 is 0 Å². The van der Waals surface area contributed by atoms with E-state index in [0.717, 1.165) is 23.5 Å². The molecule has 2 atom stereocenters. The van der Waals surface area contributed by atoms with E-state index in [2.05, 4.69) is 15.6 Å². The highest BCUT2D eigenvalue weighted by molar-refractivity contribution is 7.09. The van der Waals surface area contributed by atoms with Gasteiger partial charge >= 0.3 is 12.0 Å². The van der Waals surface area contributed by atoms with Gasteiger partial charge in [0.1, 0.15) is 0 Å². The van der Waals surface area contributed by atoms with Crippen molar-refractivity contribution >= 4 is 23.3 Å². The quantitative estimate of drug-likeness (QED) is 0.769. The Balaban J connectivity index is 1.71. The van der Waals surface area contributed by atoms with E-state index in [1.54, 1.807) is 11.3 Å². The first-order valence-electron chi connectivity index (χ1n) is 6.74. The molecule has 0 bridgehead atoms. The van der Waals surface area contributed by atoms with E-state index in [-0.39, 0.29) is 12.1 Å². The minimum Gasteiger partial charge on any atom is -0.481 e. The van der Waals surface area contributed by atoms with Crippen LogP contribution in [0.2, 0.25) is 0 Å². The van der Waals surface area contributed by atoms with E-state index in [0.29, 0.717) is 19.4 Å². The normalized spacial score (nSPS) is 21.6. The van der Waals surface area contributed by atoms with Crippen LogP contribution in [0.1, 0.15) is 30.0 Å². The Morgan fingerprint density at radius 1 is 1.50 bits per heavy atom. The Morgan fingerprint density at radius 3 is 2.95 bits per heavy atom. The third kappa shape index (κ3) is 3.93. The van der Waals surface area contributed by atoms with Gasteiger partial charge in [0.15, 0.2) is 0 Å². The zero-order chi connectivity index (χ0) is 14.5. The van der Waals surface area contributed by atoms with Gasteiger partial charge < -0.3 is 15.7 Å². The largest absolute Gasteiger partial charge is 0.481 e. The molecule has 3 N–H and O–H groups in total. The van der Waals surface area contributed by atoms with Crippen molar-refractivity contribution in [3.8, 4) is 0 Å². The van der Waals surface area contributed by atoms with Crippen molar-refractivity contribution < 1.29 is 14.7 Å². The SMILES string of the molecule is Cc1nc(CCNC(=O)NC2CCCC2C(=O)O)cs1. The van der Waals surface area contributed by atoms with E-state index in [1.165, 1.54) is 0 Å². The van der Waals surface area contributed by atoms with Crippen LogP contribution < -0.4 is 10.6 Å². The number of urea groups is 1. The molecule has 6 nitrogen and oxygen atoms in total. The molecule has 1 heterocycles. The van der Waals surface area contributed by atoms with Crippen molar-refractivity contribution in [2.75, 3.05) is 6.54 Å². The summed E-state index contributed by atoms with van der Waals surface area (Å²) in [7, 11) is 0. The number of nitrogens with one attached hydrogen (secondary N) is 2. The molecule has 110 valence electrons. The fourth-order valence-electron chi connectivity index (χ4n) is 2.47. The molecule has 0 aliphatic heterocycles. The summed E-state index contributed by atoms with van der Waals surface area (Å²) in [6, 6.07) is -0.552. The molecule has 20 heavy (non-hydrogen) atoms. The van der Waals surface area contributed by atoms with Crippen molar-refractivity contribution in [2.45, 2.75) is 38.6 Å². The molecule has 2 amide bonds. The molecule has 2 rings (SSSR count). The maximum absolute atomic E-state index is 11.7. The summed E-state index contributed by atoms with van der Waals surface area (Å²) in [6.07, 6.45) is 2.90. The number of carboxylic acids is 1. The number of carboxylic acid groups (broad SMARTS) is 1. The highest BCUT2D eigenvalue weighted by atomic mass is 32.1. The Morgan fingerprint density at radius 2 is 2.30 bits per heavy atom. The summed E-state index contributed by atoms with van der Waals surface area (Å²) >= 11 is 1.59. The molecule has 0 aromatic carbocycles. The molecule has 0 spiro atoms. The first kappa shape index (κ1) is 14.8. The number of nitrogens with zero attached hydrogens (tertiary/aromatic N) is 1. The third-order valence-corrected chi connectivity index (χ3v) is 4.31. The van der Waals surface area contributed by atoms with Crippen LogP contribution in [-0.4, -0.2) is 34.7 Å². The summed E-state index contributed by atoms with van der Waals surface area (Å²) < 4.78 is 0. The molecule has 0 radical (unpaired) electrons. The number of rotatable bonds is 5. The minimum atomic E-state index is -0.828. The Bertz CT molecular complexity index is 489. The van der Waals surface area contributed by atoms with Crippen LogP contribution in [0, 0.1) is 12.8 Å². The van der Waals surface area contributed by atoms with Gasteiger partial charge in [-0.25, -0.2) is 9.78 Å². The molecule has 7 heteroatoms. The fourth-order valence-corrected chi connectivity index (χ4v) is 3.12. The first-order chi connectivity index (χ1) is 9.56. The molecule has 1 aromatic heterocycles. The summed E-state index contributed by atoms with van der Waals surface area (Å²) in [5.74, 6) is -1.28. The second kappa shape index (κ2) is 6.69. The summed E-state index contributed by atoms with van der Waals surface area (Å²) in [6.45, 7) is 2.44.